The largest absolute Gasteiger partial charge is 0.394 e. The van der Waals surface area contributed by atoms with Gasteiger partial charge < -0.3 is 14.9 Å². The van der Waals surface area contributed by atoms with Gasteiger partial charge in [-0.15, -0.1) is 0 Å². The van der Waals surface area contributed by atoms with E-state index < -0.39 is 48.6 Å². The third-order valence-corrected chi connectivity index (χ3v) is 3.38. The molecule has 1 saturated heterocycles. The van der Waals surface area contributed by atoms with Crippen molar-refractivity contribution in [2.45, 2.75) is 31.0 Å². The van der Waals surface area contributed by atoms with E-state index in [0.29, 0.717) is 0 Å². The van der Waals surface area contributed by atoms with Crippen LogP contribution in [0.3, 0.4) is 0 Å². The number of aryl methyl sites for hydroxylation is 1. The van der Waals surface area contributed by atoms with Gasteiger partial charge in [-0.3, -0.25) is 14.3 Å². The highest BCUT2D eigenvalue weighted by Crippen LogP contribution is 2.40. The van der Waals surface area contributed by atoms with E-state index >= 15 is 4.39 Å². The molecule has 0 aliphatic carbocycles. The number of H-pyrrole nitrogens is 1. The van der Waals surface area contributed by atoms with E-state index in [0.717, 1.165) is 10.6 Å². The molecule has 9 heteroatoms. The molecule has 0 radical (unpaired) electrons. The first-order valence-corrected chi connectivity index (χ1v) is 6.37. The van der Waals surface area contributed by atoms with Crippen molar-refractivity contribution in [3.63, 3.8) is 0 Å². The molecule has 7 nitrogen and oxygen atoms in total. The third kappa shape index (κ3) is 2.56. The van der Waals surface area contributed by atoms with Gasteiger partial charge in [-0.2, -0.15) is 0 Å². The smallest absolute Gasteiger partial charge is 0.330 e. The second-order valence-corrected chi connectivity index (χ2v) is 4.81. The monoisotopic (exact) mass is 316 g/mol. The number of halogens is 2. The van der Waals surface area contributed by atoms with Gasteiger partial charge in [0.15, 0.2) is 6.23 Å². The summed E-state index contributed by atoms with van der Waals surface area (Å²) in [6, 6.07) is 1.03. The first-order valence-electron chi connectivity index (χ1n) is 6.37. The lowest BCUT2D eigenvalue weighted by atomic mass is 9.96. The number of hydrogen-bond acceptors (Lipinski definition) is 5. The fourth-order valence-corrected chi connectivity index (χ4v) is 2.36. The Balaban J connectivity index is 2.62. The maximum Gasteiger partial charge on any atom is 0.330 e. The van der Waals surface area contributed by atoms with E-state index in [1.54, 1.807) is 0 Å². The molecule has 2 rings (SSSR count). The van der Waals surface area contributed by atoms with E-state index in [2.05, 4.69) is 0 Å². The molecule has 22 heavy (non-hydrogen) atoms. The molecule has 3 N–H and O–H groups in total. The molecule has 1 fully saturated rings. The van der Waals surface area contributed by atoms with Gasteiger partial charge in [-0.1, -0.05) is 11.8 Å². The summed E-state index contributed by atoms with van der Waals surface area (Å²) in [5.74, 6) is 3.77. The molecule has 0 aromatic carbocycles. The molecule has 2 heterocycles. The lowest BCUT2D eigenvalue weighted by Gasteiger charge is -2.25. The number of alkyl halides is 2. The second-order valence-electron chi connectivity index (χ2n) is 4.81. The molecule has 2 unspecified atom stereocenters. The molecule has 120 valence electrons. The van der Waals surface area contributed by atoms with Crippen molar-refractivity contribution in [3.05, 3.63) is 32.6 Å². The van der Waals surface area contributed by atoms with Gasteiger partial charge in [0.2, 0.25) is 5.67 Å². The van der Waals surface area contributed by atoms with Crippen LogP contribution in [0.4, 0.5) is 8.78 Å². The van der Waals surface area contributed by atoms with Crippen LogP contribution in [0, 0.1) is 18.8 Å². The molecule has 1 aromatic heterocycles. The highest BCUT2D eigenvalue weighted by Gasteiger charge is 2.58. The van der Waals surface area contributed by atoms with Crippen molar-refractivity contribution in [2.75, 3.05) is 13.3 Å². The summed E-state index contributed by atoms with van der Waals surface area (Å²) in [6.07, 6.45) is -4.97. The Kier molecular flexibility index (Phi) is 4.46. The first-order chi connectivity index (χ1) is 10.3. The van der Waals surface area contributed by atoms with Crippen LogP contribution >= 0.6 is 0 Å². The number of ether oxygens (including phenoxy) is 1. The van der Waals surface area contributed by atoms with Crippen LogP contribution in [0.25, 0.3) is 0 Å². The lowest BCUT2D eigenvalue weighted by molar-refractivity contribution is -0.0552. The molecule has 0 amide bonds. The number of rotatable bonds is 2. The van der Waals surface area contributed by atoms with Crippen molar-refractivity contribution >= 4 is 0 Å². The van der Waals surface area contributed by atoms with Crippen molar-refractivity contribution in [2.24, 2.45) is 0 Å². The average Bonchev–Trinajstić information content (AvgIpc) is 2.69. The molecular weight excluding hydrogens is 302 g/mol. The second kappa shape index (κ2) is 6.00. The maximum absolute atomic E-state index is 15.1. The fourth-order valence-electron chi connectivity index (χ4n) is 2.36. The Morgan fingerprint density at radius 2 is 2.23 bits per heavy atom. The van der Waals surface area contributed by atoms with E-state index in [1.807, 2.05) is 16.8 Å². The van der Waals surface area contributed by atoms with Gasteiger partial charge >= 0.3 is 5.69 Å². The number of aromatic nitrogens is 2. The topological polar surface area (TPSA) is 105 Å². The van der Waals surface area contributed by atoms with Crippen molar-refractivity contribution in [3.8, 4) is 11.8 Å². The van der Waals surface area contributed by atoms with Crippen LogP contribution in [-0.2, 0) is 4.74 Å². The van der Waals surface area contributed by atoms with Gasteiger partial charge in [0.05, 0.1) is 6.61 Å². The van der Waals surface area contributed by atoms with Crippen LogP contribution in [0.5, 0.6) is 0 Å². The molecule has 1 aromatic rings. The van der Waals surface area contributed by atoms with Gasteiger partial charge in [0.1, 0.15) is 18.9 Å². The summed E-state index contributed by atoms with van der Waals surface area (Å²) in [6.45, 7) is -0.520. The summed E-state index contributed by atoms with van der Waals surface area (Å²) >= 11 is 0. The van der Waals surface area contributed by atoms with Crippen molar-refractivity contribution < 1.29 is 23.7 Å². The third-order valence-electron chi connectivity index (χ3n) is 3.38. The minimum atomic E-state index is -2.81. The van der Waals surface area contributed by atoms with Crippen LogP contribution in [0.1, 0.15) is 11.9 Å². The average molecular weight is 316 g/mol. The minimum Gasteiger partial charge on any atom is -0.394 e. The normalized spacial score (nSPS) is 30.9. The van der Waals surface area contributed by atoms with E-state index in [4.69, 9.17) is 9.84 Å². The molecule has 0 bridgehead atoms. The van der Waals surface area contributed by atoms with Crippen LogP contribution in [-0.4, -0.2) is 50.9 Å². The van der Waals surface area contributed by atoms with E-state index in [9.17, 15) is 19.1 Å². The Labute approximate surface area is 123 Å². The van der Waals surface area contributed by atoms with Crippen LogP contribution < -0.4 is 11.2 Å². The van der Waals surface area contributed by atoms with E-state index in [-0.39, 0.29) is 5.69 Å². The molecule has 0 spiro atoms. The number of nitrogens with zero attached hydrogens (tertiary/aromatic N) is 1. The summed E-state index contributed by atoms with van der Waals surface area (Å²) < 4.78 is 33.2. The number of aliphatic hydroxyl groups excluding tert-OH is 2. The zero-order valence-corrected chi connectivity index (χ0v) is 11.5. The van der Waals surface area contributed by atoms with Gasteiger partial charge in [0, 0.05) is 11.8 Å². The van der Waals surface area contributed by atoms with Crippen molar-refractivity contribution in [1.29, 1.82) is 0 Å². The van der Waals surface area contributed by atoms with Gasteiger partial charge in [-0.25, -0.2) is 13.6 Å². The predicted octanol–water partition coefficient (Wildman–Crippen LogP) is -1.22. The van der Waals surface area contributed by atoms with E-state index in [1.165, 1.54) is 6.92 Å². The Morgan fingerprint density at radius 1 is 1.55 bits per heavy atom. The molecule has 4 atom stereocenters. The highest BCUT2D eigenvalue weighted by atomic mass is 19.1. The fraction of sp³-hybridized carbons (Fsp3) is 0.538. The van der Waals surface area contributed by atoms with Crippen molar-refractivity contribution in [1.82, 2.24) is 9.55 Å². The molecule has 0 saturated carbocycles. The lowest BCUT2D eigenvalue weighted by Crippen LogP contribution is -2.45. The van der Waals surface area contributed by atoms with Gasteiger partial charge in [0.25, 0.3) is 5.56 Å². The molecular formula is C13H14F2N2O5. The maximum atomic E-state index is 15.1. The number of aliphatic hydroxyl groups is 2. The number of aromatic amines is 1. The Bertz CT molecular complexity index is 734. The Hall–Kier alpha value is -2.02. The molecule has 1 aliphatic heterocycles. The summed E-state index contributed by atoms with van der Waals surface area (Å²) in [5, 5.41) is 19.1. The Morgan fingerprint density at radius 3 is 2.77 bits per heavy atom. The summed E-state index contributed by atoms with van der Waals surface area (Å²) in [7, 11) is 0. The zero-order valence-electron chi connectivity index (χ0n) is 11.5. The first kappa shape index (κ1) is 16.4. The zero-order chi connectivity index (χ0) is 16.5. The number of nitrogens with one attached hydrogen (secondary N) is 1. The van der Waals surface area contributed by atoms with Gasteiger partial charge in [-0.05, 0) is 6.92 Å². The van der Waals surface area contributed by atoms with Crippen LogP contribution in [0.15, 0.2) is 15.7 Å². The van der Waals surface area contributed by atoms with Crippen LogP contribution in [0.2, 0.25) is 0 Å². The predicted molar refractivity (Wildman–Crippen MR) is 70.7 cm³/mol. The summed E-state index contributed by atoms with van der Waals surface area (Å²) in [4.78, 5) is 25.1. The standard InChI is InChI=1S/C13H14F2N2O5/c1-7-5-9(19)16-12(21)17(7)11-13(15,3-2-4-14)10(20)8(6-18)22-11/h5,8,10-11,18,20H,4,6H2,1H3,(H,16,19,21)/t8?,10?,11-,13-/m1/s1. The highest BCUT2D eigenvalue weighted by molar-refractivity contribution is 5.24. The SMILES string of the molecule is Cc1cc(=O)[nH]c(=O)n1[C@@H]1OC(CO)C(O)[C@]1(F)C#CCF. The quantitative estimate of drug-likeness (QED) is 0.593. The molecule has 1 aliphatic rings. The summed E-state index contributed by atoms with van der Waals surface area (Å²) in [5.41, 5.74) is -4.40. The number of hydrogen-bond donors (Lipinski definition) is 3. The minimum absolute atomic E-state index is 0.0635.